The summed E-state index contributed by atoms with van der Waals surface area (Å²) in [5.41, 5.74) is 0. The maximum Gasteiger partial charge on any atom is 0.238 e. The van der Waals surface area contributed by atoms with Crippen LogP contribution in [-0.2, 0) is 9.59 Å². The largest absolute Gasteiger partial charge is 0.360 e. The van der Waals surface area contributed by atoms with E-state index in [2.05, 4.69) is 29.6 Å². The Balaban J connectivity index is 1.73. The first-order valence-corrected chi connectivity index (χ1v) is 9.57. The molecule has 1 heterocycles. The fourth-order valence-corrected chi connectivity index (χ4v) is 3.66. The van der Waals surface area contributed by atoms with Crippen LogP contribution in [0.15, 0.2) is 10.6 Å². The number of aryl methyl sites for hydroxylation is 1. The van der Waals surface area contributed by atoms with Gasteiger partial charge in [-0.1, -0.05) is 31.8 Å². The van der Waals surface area contributed by atoms with E-state index in [1.165, 1.54) is 24.6 Å². The SMILES string of the molecule is Cc1cc(NC(=O)C(C)SCC(=O)NC2CCCC(C)C2C)no1. The zero-order chi connectivity index (χ0) is 17.7. The first kappa shape index (κ1) is 18.8. The van der Waals surface area contributed by atoms with Gasteiger partial charge in [-0.25, -0.2) is 0 Å². The molecule has 0 radical (unpaired) electrons. The van der Waals surface area contributed by atoms with Gasteiger partial charge in [0.25, 0.3) is 0 Å². The Kier molecular flexibility index (Phi) is 6.71. The van der Waals surface area contributed by atoms with Crippen molar-refractivity contribution in [1.82, 2.24) is 10.5 Å². The highest BCUT2D eigenvalue weighted by atomic mass is 32.2. The van der Waals surface area contributed by atoms with E-state index in [1.54, 1.807) is 19.9 Å². The molecule has 2 N–H and O–H groups in total. The van der Waals surface area contributed by atoms with Gasteiger partial charge in [-0.3, -0.25) is 9.59 Å². The van der Waals surface area contributed by atoms with Crippen molar-refractivity contribution >= 4 is 29.4 Å². The molecule has 4 atom stereocenters. The Morgan fingerprint density at radius 3 is 2.83 bits per heavy atom. The fourth-order valence-electron chi connectivity index (χ4n) is 2.96. The van der Waals surface area contributed by atoms with Gasteiger partial charge < -0.3 is 15.2 Å². The van der Waals surface area contributed by atoms with Gasteiger partial charge in [0.2, 0.25) is 11.8 Å². The molecular formula is C17H27N3O3S. The molecule has 7 heteroatoms. The molecule has 0 spiro atoms. The summed E-state index contributed by atoms with van der Waals surface area (Å²) in [4.78, 5) is 24.2. The number of hydrogen-bond donors (Lipinski definition) is 2. The van der Waals surface area contributed by atoms with E-state index in [-0.39, 0.29) is 28.9 Å². The number of amides is 2. The summed E-state index contributed by atoms with van der Waals surface area (Å²) < 4.78 is 4.91. The van der Waals surface area contributed by atoms with Crippen LogP contribution >= 0.6 is 11.8 Å². The van der Waals surface area contributed by atoms with E-state index in [0.717, 1.165) is 6.42 Å². The van der Waals surface area contributed by atoms with Crippen LogP contribution in [0.2, 0.25) is 0 Å². The second-order valence-corrected chi connectivity index (χ2v) is 8.04. The van der Waals surface area contributed by atoms with E-state index >= 15 is 0 Å². The van der Waals surface area contributed by atoms with Gasteiger partial charge in [-0.15, -0.1) is 11.8 Å². The van der Waals surface area contributed by atoms with Gasteiger partial charge in [-0.05, 0) is 32.1 Å². The molecule has 1 aromatic rings. The molecule has 4 unspecified atom stereocenters. The number of thioether (sulfide) groups is 1. The van der Waals surface area contributed by atoms with Crippen LogP contribution in [0.25, 0.3) is 0 Å². The van der Waals surface area contributed by atoms with Crippen molar-refractivity contribution in [2.24, 2.45) is 11.8 Å². The van der Waals surface area contributed by atoms with Gasteiger partial charge >= 0.3 is 0 Å². The zero-order valence-electron chi connectivity index (χ0n) is 14.8. The van der Waals surface area contributed by atoms with E-state index in [9.17, 15) is 9.59 Å². The number of hydrogen-bond acceptors (Lipinski definition) is 5. The van der Waals surface area contributed by atoms with Gasteiger partial charge in [0.05, 0.1) is 11.0 Å². The van der Waals surface area contributed by atoms with Crippen molar-refractivity contribution in [2.45, 2.75) is 58.2 Å². The minimum absolute atomic E-state index is 0.00267. The minimum atomic E-state index is -0.338. The predicted molar refractivity (Wildman–Crippen MR) is 95.9 cm³/mol. The molecule has 24 heavy (non-hydrogen) atoms. The summed E-state index contributed by atoms with van der Waals surface area (Å²) in [5.74, 6) is 2.30. The second kappa shape index (κ2) is 8.55. The van der Waals surface area contributed by atoms with Crippen LogP contribution in [-0.4, -0.2) is 34.0 Å². The molecule has 0 bridgehead atoms. The quantitative estimate of drug-likeness (QED) is 0.821. The molecule has 2 rings (SSSR count). The molecular weight excluding hydrogens is 326 g/mol. The van der Waals surface area contributed by atoms with E-state index in [1.807, 2.05) is 0 Å². The van der Waals surface area contributed by atoms with Crippen molar-refractivity contribution in [3.63, 3.8) is 0 Å². The van der Waals surface area contributed by atoms with Gasteiger partial charge in [0, 0.05) is 12.1 Å². The standard InChI is InChI=1S/C17H27N3O3S/c1-10-6-5-7-14(12(10)3)18-16(21)9-24-13(4)17(22)19-15-8-11(2)23-20-15/h8,10,12-14H,5-7,9H2,1-4H3,(H,18,21)(H,19,20,22). The van der Waals surface area contributed by atoms with Crippen LogP contribution < -0.4 is 10.6 Å². The summed E-state index contributed by atoms with van der Waals surface area (Å²) in [7, 11) is 0. The molecule has 0 aromatic carbocycles. The van der Waals surface area contributed by atoms with Crippen molar-refractivity contribution < 1.29 is 14.1 Å². The van der Waals surface area contributed by atoms with Crippen LogP contribution in [0, 0.1) is 18.8 Å². The highest BCUT2D eigenvalue weighted by Crippen LogP contribution is 2.29. The molecule has 0 aliphatic heterocycles. The first-order valence-electron chi connectivity index (χ1n) is 8.52. The number of carbonyl (C=O) groups excluding carboxylic acids is 2. The monoisotopic (exact) mass is 353 g/mol. The Morgan fingerprint density at radius 1 is 1.42 bits per heavy atom. The summed E-state index contributed by atoms with van der Waals surface area (Å²) >= 11 is 1.33. The van der Waals surface area contributed by atoms with E-state index < -0.39 is 0 Å². The zero-order valence-corrected chi connectivity index (χ0v) is 15.6. The lowest BCUT2D eigenvalue weighted by Gasteiger charge is -2.34. The number of nitrogens with zero attached hydrogens (tertiary/aromatic N) is 1. The molecule has 134 valence electrons. The fraction of sp³-hybridized carbons (Fsp3) is 0.706. The topological polar surface area (TPSA) is 84.2 Å². The number of carbonyl (C=O) groups is 2. The summed E-state index contributed by atoms with van der Waals surface area (Å²) in [6.45, 7) is 8.00. The van der Waals surface area contributed by atoms with Crippen LogP contribution in [0.1, 0.15) is 45.8 Å². The first-order chi connectivity index (χ1) is 11.4. The maximum atomic E-state index is 12.2. The number of aromatic nitrogens is 1. The third-order valence-corrected chi connectivity index (χ3v) is 5.91. The lowest BCUT2D eigenvalue weighted by molar-refractivity contribution is -0.120. The average Bonchev–Trinajstić information content (AvgIpc) is 2.94. The van der Waals surface area contributed by atoms with Crippen molar-refractivity contribution in [1.29, 1.82) is 0 Å². The smallest absolute Gasteiger partial charge is 0.238 e. The van der Waals surface area contributed by atoms with Crippen molar-refractivity contribution in [3.8, 4) is 0 Å². The highest BCUT2D eigenvalue weighted by molar-refractivity contribution is 8.01. The molecule has 0 saturated heterocycles. The highest BCUT2D eigenvalue weighted by Gasteiger charge is 2.28. The minimum Gasteiger partial charge on any atom is -0.360 e. The Labute approximate surface area is 147 Å². The molecule has 1 aromatic heterocycles. The van der Waals surface area contributed by atoms with E-state index in [4.69, 9.17) is 4.52 Å². The summed E-state index contributed by atoms with van der Waals surface area (Å²) in [6.07, 6.45) is 3.45. The summed E-state index contributed by atoms with van der Waals surface area (Å²) in [6, 6.07) is 1.91. The van der Waals surface area contributed by atoms with Gasteiger partial charge in [-0.2, -0.15) is 0 Å². The molecule has 6 nitrogen and oxygen atoms in total. The second-order valence-electron chi connectivity index (χ2n) is 6.71. The van der Waals surface area contributed by atoms with E-state index in [0.29, 0.717) is 23.4 Å². The summed E-state index contributed by atoms with van der Waals surface area (Å²) in [5, 5.41) is 9.20. The molecule has 1 saturated carbocycles. The van der Waals surface area contributed by atoms with Crippen molar-refractivity contribution in [2.75, 3.05) is 11.1 Å². The van der Waals surface area contributed by atoms with Crippen molar-refractivity contribution in [3.05, 3.63) is 11.8 Å². The lowest BCUT2D eigenvalue weighted by Crippen LogP contribution is -2.44. The number of nitrogens with one attached hydrogen (secondary N) is 2. The Bertz CT molecular complexity index is 575. The van der Waals surface area contributed by atoms with Gasteiger partial charge in [0.15, 0.2) is 5.82 Å². The van der Waals surface area contributed by atoms with Crippen LogP contribution in [0.4, 0.5) is 5.82 Å². The number of rotatable bonds is 6. The van der Waals surface area contributed by atoms with Gasteiger partial charge in [0.1, 0.15) is 5.76 Å². The average molecular weight is 353 g/mol. The normalized spacial score (nSPS) is 25.1. The molecule has 1 aliphatic rings. The lowest BCUT2D eigenvalue weighted by atomic mass is 9.78. The molecule has 2 amide bonds. The molecule has 1 aliphatic carbocycles. The van der Waals surface area contributed by atoms with Crippen LogP contribution in [0.3, 0.4) is 0 Å². The Morgan fingerprint density at radius 2 is 2.17 bits per heavy atom. The predicted octanol–water partition coefficient (Wildman–Crippen LogP) is 2.98. The maximum absolute atomic E-state index is 12.2. The molecule has 1 fully saturated rings. The van der Waals surface area contributed by atoms with Crippen LogP contribution in [0.5, 0.6) is 0 Å². The number of anilines is 1. The third kappa shape index (κ3) is 5.26. The third-order valence-electron chi connectivity index (χ3n) is 4.77. The Hall–Kier alpha value is -1.50.